The third kappa shape index (κ3) is 4.23. The number of ether oxygens (including phenoxy) is 1. The molecule has 5 N–H and O–H groups in total. The molecule has 1 rings (SSSR count). The highest BCUT2D eigenvalue weighted by Crippen LogP contribution is 2.16. The summed E-state index contributed by atoms with van der Waals surface area (Å²) in [5, 5.41) is 31.9. The second-order valence-corrected chi connectivity index (χ2v) is 3.83. The van der Waals surface area contributed by atoms with E-state index in [1.807, 2.05) is 5.32 Å². The first kappa shape index (κ1) is 14.9. The van der Waals surface area contributed by atoms with Crippen molar-refractivity contribution in [3.8, 4) is 0 Å². The first-order chi connectivity index (χ1) is 8.81. The Balaban J connectivity index is 2.70. The van der Waals surface area contributed by atoms with Gasteiger partial charge in [-0.25, -0.2) is 0 Å². The molecule has 0 radical (unpaired) electrons. The molecule has 1 aliphatic heterocycles. The normalized spacial score (nSPS) is 25.8. The topological polar surface area (TPSA) is 145 Å². The van der Waals surface area contributed by atoms with E-state index in [4.69, 9.17) is 9.84 Å². The van der Waals surface area contributed by atoms with E-state index in [0.29, 0.717) is 0 Å². The number of carboxylic acids is 1. The average Bonchev–Trinajstić information content (AvgIpc) is 2.30. The van der Waals surface area contributed by atoms with Crippen LogP contribution in [-0.4, -0.2) is 58.1 Å². The van der Waals surface area contributed by atoms with Crippen LogP contribution in [0.4, 0.5) is 0 Å². The number of rotatable bonds is 4. The van der Waals surface area contributed by atoms with Crippen molar-refractivity contribution >= 4 is 17.8 Å². The molecule has 0 aromatic rings. The first-order valence-electron chi connectivity index (χ1n) is 5.33. The Morgan fingerprint density at radius 2 is 2.00 bits per heavy atom. The molecule has 0 bridgehead atoms. The van der Waals surface area contributed by atoms with Crippen molar-refractivity contribution in [2.75, 3.05) is 6.54 Å². The zero-order valence-electron chi connectivity index (χ0n) is 9.99. The molecule has 0 aliphatic carbocycles. The molecule has 0 spiro atoms. The van der Waals surface area contributed by atoms with E-state index in [2.05, 4.69) is 5.32 Å². The van der Waals surface area contributed by atoms with Crippen molar-refractivity contribution < 1.29 is 34.4 Å². The fourth-order valence-corrected chi connectivity index (χ4v) is 1.43. The lowest BCUT2D eigenvalue weighted by Gasteiger charge is -2.31. The summed E-state index contributed by atoms with van der Waals surface area (Å²) in [6.07, 6.45) is -1.97. The number of hydrogen-bond acceptors (Lipinski definition) is 6. The van der Waals surface area contributed by atoms with Crippen molar-refractivity contribution in [1.29, 1.82) is 0 Å². The Labute approximate surface area is 107 Å². The number of nitrogens with one attached hydrogen (secondary N) is 2. The van der Waals surface area contributed by atoms with Gasteiger partial charge in [-0.1, -0.05) is 0 Å². The Morgan fingerprint density at radius 3 is 2.47 bits per heavy atom. The van der Waals surface area contributed by atoms with Crippen LogP contribution in [0.15, 0.2) is 11.8 Å². The minimum atomic E-state index is -1.62. The molecule has 0 aromatic heterocycles. The fourth-order valence-electron chi connectivity index (χ4n) is 1.43. The number of amides is 2. The van der Waals surface area contributed by atoms with Crippen molar-refractivity contribution in [3.05, 3.63) is 11.8 Å². The van der Waals surface area contributed by atoms with Crippen LogP contribution in [0.1, 0.15) is 6.92 Å². The van der Waals surface area contributed by atoms with E-state index in [-0.39, 0.29) is 0 Å². The minimum absolute atomic E-state index is 0.414. The van der Waals surface area contributed by atoms with E-state index >= 15 is 0 Å². The Morgan fingerprint density at radius 1 is 1.37 bits per heavy atom. The molecule has 0 unspecified atom stereocenters. The quantitative estimate of drug-likeness (QED) is 0.374. The maximum atomic E-state index is 11.4. The SMILES string of the molecule is CC(=O)N[C@@H]1[C@H](O)OC(C(=O)NCC(=O)O)=C[C@@H]1O. The van der Waals surface area contributed by atoms with Crippen LogP contribution >= 0.6 is 0 Å². The summed E-state index contributed by atoms with van der Waals surface area (Å²) in [4.78, 5) is 32.6. The average molecular weight is 274 g/mol. The summed E-state index contributed by atoms with van der Waals surface area (Å²) in [7, 11) is 0. The smallest absolute Gasteiger partial charge is 0.322 e. The molecule has 19 heavy (non-hydrogen) atoms. The van der Waals surface area contributed by atoms with Gasteiger partial charge < -0.3 is 30.7 Å². The van der Waals surface area contributed by atoms with Gasteiger partial charge in [-0.15, -0.1) is 0 Å². The Bertz CT molecular complexity index is 420. The molecule has 1 aliphatic rings. The van der Waals surface area contributed by atoms with Gasteiger partial charge in [0.1, 0.15) is 18.7 Å². The molecule has 0 aromatic carbocycles. The summed E-state index contributed by atoms with van der Waals surface area (Å²) in [5.74, 6) is -3.04. The highest BCUT2D eigenvalue weighted by molar-refractivity contribution is 5.93. The summed E-state index contributed by atoms with van der Waals surface area (Å²) < 4.78 is 4.80. The predicted octanol–water partition coefficient (Wildman–Crippen LogP) is -2.71. The van der Waals surface area contributed by atoms with Crippen LogP contribution in [0.5, 0.6) is 0 Å². The fraction of sp³-hybridized carbons (Fsp3) is 0.500. The number of carbonyl (C=O) groups excluding carboxylic acids is 2. The third-order valence-electron chi connectivity index (χ3n) is 2.24. The van der Waals surface area contributed by atoms with Crippen LogP contribution in [0.2, 0.25) is 0 Å². The third-order valence-corrected chi connectivity index (χ3v) is 2.24. The number of hydrogen-bond donors (Lipinski definition) is 5. The maximum Gasteiger partial charge on any atom is 0.322 e. The summed E-state index contributed by atoms with van der Waals surface area (Å²) in [6, 6.07) is -1.10. The molecule has 3 atom stereocenters. The molecule has 0 saturated carbocycles. The number of carbonyl (C=O) groups is 3. The van der Waals surface area contributed by atoms with Crippen LogP contribution in [-0.2, 0) is 19.1 Å². The van der Waals surface area contributed by atoms with Crippen molar-refractivity contribution in [3.63, 3.8) is 0 Å². The van der Waals surface area contributed by atoms with Gasteiger partial charge in [-0.3, -0.25) is 14.4 Å². The summed E-state index contributed by atoms with van der Waals surface area (Å²) >= 11 is 0. The lowest BCUT2D eigenvalue weighted by molar-refractivity contribution is -0.148. The zero-order chi connectivity index (χ0) is 14.6. The standard InChI is InChI=1S/C10H14N2O7/c1-4(13)12-8-5(14)2-6(19-10(8)18)9(17)11-3-7(15)16/h2,5,8,10,14,18H,3H2,1H3,(H,11,17)(H,12,13)(H,15,16)/t5-,8-,10+/m0/s1. The molecule has 2 amide bonds. The second kappa shape index (κ2) is 6.16. The van der Waals surface area contributed by atoms with Gasteiger partial charge in [-0.05, 0) is 6.08 Å². The number of aliphatic hydroxyl groups excluding tert-OH is 2. The van der Waals surface area contributed by atoms with Crippen LogP contribution < -0.4 is 10.6 Å². The summed E-state index contributed by atoms with van der Waals surface area (Å²) in [5.41, 5.74) is 0. The molecule has 9 heteroatoms. The molecule has 9 nitrogen and oxygen atoms in total. The van der Waals surface area contributed by atoms with E-state index in [1.54, 1.807) is 0 Å². The van der Waals surface area contributed by atoms with Gasteiger partial charge >= 0.3 is 5.97 Å². The maximum absolute atomic E-state index is 11.4. The molecular formula is C10H14N2O7. The number of aliphatic carboxylic acids is 1. The van der Waals surface area contributed by atoms with Gasteiger partial charge in [0.25, 0.3) is 5.91 Å². The van der Waals surface area contributed by atoms with Gasteiger partial charge in [-0.2, -0.15) is 0 Å². The van der Waals surface area contributed by atoms with E-state index in [9.17, 15) is 24.6 Å². The van der Waals surface area contributed by atoms with Gasteiger partial charge in [0.2, 0.25) is 12.2 Å². The van der Waals surface area contributed by atoms with Crippen LogP contribution in [0, 0.1) is 0 Å². The highest BCUT2D eigenvalue weighted by atomic mass is 16.6. The van der Waals surface area contributed by atoms with E-state index in [0.717, 1.165) is 6.08 Å². The minimum Gasteiger partial charge on any atom is -0.480 e. The molecule has 106 valence electrons. The van der Waals surface area contributed by atoms with Crippen molar-refractivity contribution in [2.45, 2.75) is 25.4 Å². The first-order valence-corrected chi connectivity index (χ1v) is 5.33. The lowest BCUT2D eigenvalue weighted by atomic mass is 10.1. The molecular weight excluding hydrogens is 260 g/mol. The monoisotopic (exact) mass is 274 g/mol. The number of aliphatic hydroxyl groups is 2. The van der Waals surface area contributed by atoms with Crippen molar-refractivity contribution in [1.82, 2.24) is 10.6 Å². The van der Waals surface area contributed by atoms with Crippen LogP contribution in [0.25, 0.3) is 0 Å². The van der Waals surface area contributed by atoms with Gasteiger partial charge in [0.05, 0.1) is 0 Å². The number of carboxylic acid groups (broad SMARTS) is 1. The van der Waals surface area contributed by atoms with E-state index in [1.165, 1.54) is 6.92 Å². The Kier molecular flexibility index (Phi) is 4.84. The predicted molar refractivity (Wildman–Crippen MR) is 59.4 cm³/mol. The van der Waals surface area contributed by atoms with Crippen molar-refractivity contribution in [2.24, 2.45) is 0 Å². The Hall–Kier alpha value is -2.13. The zero-order valence-corrected chi connectivity index (χ0v) is 9.99. The van der Waals surface area contributed by atoms with E-state index < -0.39 is 48.5 Å². The van der Waals surface area contributed by atoms with Crippen LogP contribution in [0.3, 0.4) is 0 Å². The largest absolute Gasteiger partial charge is 0.480 e. The van der Waals surface area contributed by atoms with Gasteiger partial charge in [0.15, 0.2) is 5.76 Å². The summed E-state index contributed by atoms with van der Waals surface area (Å²) in [6.45, 7) is 0.569. The molecule has 0 fully saturated rings. The second-order valence-electron chi connectivity index (χ2n) is 3.83. The molecule has 1 heterocycles. The molecule has 0 saturated heterocycles. The lowest BCUT2D eigenvalue weighted by Crippen LogP contribution is -2.53. The highest BCUT2D eigenvalue weighted by Gasteiger charge is 2.35. The van der Waals surface area contributed by atoms with Gasteiger partial charge in [0, 0.05) is 6.92 Å².